The third-order valence-corrected chi connectivity index (χ3v) is 2.04. The van der Waals surface area contributed by atoms with Gasteiger partial charge in [0.05, 0.1) is 19.1 Å². The molecule has 0 saturated heterocycles. The molecule has 0 N–H and O–H groups in total. The fraction of sp³-hybridized carbons (Fsp3) is 0.333. The zero-order valence-corrected chi connectivity index (χ0v) is 9.35. The van der Waals surface area contributed by atoms with Crippen LogP contribution in [0.5, 0.6) is 5.75 Å². The molecule has 0 unspecified atom stereocenters. The first kappa shape index (κ1) is 13.7. The summed E-state index contributed by atoms with van der Waals surface area (Å²) in [6, 6.07) is 0. The molecule has 0 saturated carbocycles. The number of ether oxygens (including phenoxy) is 2. The second kappa shape index (κ2) is 5.34. The van der Waals surface area contributed by atoms with Crippen LogP contribution in [0.3, 0.4) is 0 Å². The molecular weight excluding hydrogens is 254 g/mol. The number of nitro groups is 1. The molecule has 1 rings (SSSR count). The van der Waals surface area contributed by atoms with Gasteiger partial charge in [0.25, 0.3) is 6.43 Å². The third-order valence-electron chi connectivity index (χ3n) is 2.04. The SMILES string of the molecule is COC(=O)c1ncc(C(F)F)c([N+](=O)[O-])c1OC. The van der Waals surface area contributed by atoms with Crippen molar-refractivity contribution < 1.29 is 28.0 Å². The Labute approximate surface area is 99.5 Å². The summed E-state index contributed by atoms with van der Waals surface area (Å²) < 4.78 is 34.1. The fourth-order valence-electron chi connectivity index (χ4n) is 1.28. The highest BCUT2D eigenvalue weighted by molar-refractivity contribution is 5.92. The maximum absolute atomic E-state index is 12.6. The van der Waals surface area contributed by atoms with Crippen LogP contribution in [-0.4, -0.2) is 30.1 Å². The van der Waals surface area contributed by atoms with Gasteiger partial charge in [-0.25, -0.2) is 18.6 Å². The summed E-state index contributed by atoms with van der Waals surface area (Å²) in [5, 5.41) is 10.8. The molecule has 0 aromatic carbocycles. The molecule has 0 aliphatic heterocycles. The van der Waals surface area contributed by atoms with Crippen molar-refractivity contribution in [3.63, 3.8) is 0 Å². The van der Waals surface area contributed by atoms with Crippen LogP contribution in [0.1, 0.15) is 22.5 Å². The first-order chi connectivity index (χ1) is 8.43. The molecule has 0 atom stereocenters. The molecular formula is C9H8F2N2O5. The van der Waals surface area contributed by atoms with E-state index >= 15 is 0 Å². The second-order valence-corrected chi connectivity index (χ2v) is 2.99. The predicted octanol–water partition coefficient (Wildman–Crippen LogP) is 1.72. The number of rotatable bonds is 4. The third kappa shape index (κ3) is 2.34. The average molecular weight is 262 g/mol. The van der Waals surface area contributed by atoms with Crippen molar-refractivity contribution in [3.05, 3.63) is 27.6 Å². The van der Waals surface area contributed by atoms with Crippen LogP contribution in [0.15, 0.2) is 6.20 Å². The van der Waals surface area contributed by atoms with Crippen LogP contribution < -0.4 is 4.74 Å². The van der Waals surface area contributed by atoms with Crippen molar-refractivity contribution in [1.29, 1.82) is 0 Å². The van der Waals surface area contributed by atoms with E-state index in [0.717, 1.165) is 14.2 Å². The van der Waals surface area contributed by atoms with Crippen LogP contribution in [0, 0.1) is 10.1 Å². The van der Waals surface area contributed by atoms with E-state index in [1.807, 2.05) is 0 Å². The molecule has 98 valence electrons. The normalized spacial score (nSPS) is 10.3. The molecule has 0 spiro atoms. The topological polar surface area (TPSA) is 91.6 Å². The lowest BCUT2D eigenvalue weighted by molar-refractivity contribution is -0.387. The van der Waals surface area contributed by atoms with E-state index < -0.39 is 40.0 Å². The number of pyridine rings is 1. The molecule has 0 amide bonds. The predicted molar refractivity (Wildman–Crippen MR) is 53.7 cm³/mol. The number of nitrogens with zero attached hydrogens (tertiary/aromatic N) is 2. The van der Waals surface area contributed by atoms with Gasteiger partial charge < -0.3 is 9.47 Å². The van der Waals surface area contributed by atoms with Gasteiger partial charge in [-0.05, 0) is 0 Å². The molecule has 0 radical (unpaired) electrons. The maximum Gasteiger partial charge on any atom is 0.360 e. The lowest BCUT2D eigenvalue weighted by atomic mass is 10.2. The molecule has 0 aliphatic carbocycles. The van der Waals surface area contributed by atoms with E-state index in [2.05, 4.69) is 14.5 Å². The van der Waals surface area contributed by atoms with Crippen molar-refractivity contribution in [1.82, 2.24) is 4.98 Å². The lowest BCUT2D eigenvalue weighted by Gasteiger charge is -2.09. The Morgan fingerprint density at radius 2 is 2.11 bits per heavy atom. The first-order valence-corrected chi connectivity index (χ1v) is 4.51. The largest absolute Gasteiger partial charge is 0.488 e. The van der Waals surface area contributed by atoms with Crippen molar-refractivity contribution in [2.75, 3.05) is 14.2 Å². The summed E-state index contributed by atoms with van der Waals surface area (Å²) in [4.78, 5) is 24.4. The van der Waals surface area contributed by atoms with Crippen LogP contribution in [-0.2, 0) is 4.74 Å². The van der Waals surface area contributed by atoms with Crippen LogP contribution in [0.4, 0.5) is 14.5 Å². The number of esters is 1. The molecule has 9 heteroatoms. The van der Waals surface area contributed by atoms with E-state index in [1.165, 1.54) is 0 Å². The Morgan fingerprint density at radius 3 is 2.50 bits per heavy atom. The van der Waals surface area contributed by atoms with Gasteiger partial charge in [0.2, 0.25) is 5.75 Å². The number of carbonyl (C=O) groups excluding carboxylic acids is 1. The summed E-state index contributed by atoms with van der Waals surface area (Å²) in [5.41, 5.74) is -2.46. The number of hydrogen-bond acceptors (Lipinski definition) is 6. The highest BCUT2D eigenvalue weighted by Crippen LogP contribution is 2.38. The van der Waals surface area contributed by atoms with E-state index in [1.54, 1.807) is 0 Å². The Bertz CT molecular complexity index is 492. The van der Waals surface area contributed by atoms with Crippen LogP contribution in [0.2, 0.25) is 0 Å². The number of carbonyl (C=O) groups is 1. The van der Waals surface area contributed by atoms with Gasteiger partial charge in [0, 0.05) is 6.20 Å². The first-order valence-electron chi connectivity index (χ1n) is 4.51. The smallest absolute Gasteiger partial charge is 0.360 e. The minimum Gasteiger partial charge on any atom is -0.488 e. The highest BCUT2D eigenvalue weighted by Gasteiger charge is 2.32. The van der Waals surface area contributed by atoms with E-state index in [9.17, 15) is 23.7 Å². The molecule has 0 aliphatic rings. The highest BCUT2D eigenvalue weighted by atomic mass is 19.3. The molecule has 1 aromatic heterocycles. The quantitative estimate of drug-likeness (QED) is 0.466. The van der Waals surface area contributed by atoms with Crippen LogP contribution in [0.25, 0.3) is 0 Å². The van der Waals surface area contributed by atoms with Gasteiger partial charge in [0.15, 0.2) is 5.69 Å². The van der Waals surface area contributed by atoms with Gasteiger partial charge in [0.1, 0.15) is 5.56 Å². The second-order valence-electron chi connectivity index (χ2n) is 2.99. The monoisotopic (exact) mass is 262 g/mol. The van der Waals surface area contributed by atoms with Crippen molar-refractivity contribution >= 4 is 11.7 Å². The van der Waals surface area contributed by atoms with Gasteiger partial charge in [-0.15, -0.1) is 0 Å². The summed E-state index contributed by atoms with van der Waals surface area (Å²) in [6.07, 6.45) is -2.56. The standard InChI is InChI=1S/C9H8F2N2O5/c1-17-7-5(9(14)18-2)12-3-4(8(10)11)6(7)13(15)16/h3,8H,1-2H3. The van der Waals surface area contributed by atoms with Crippen molar-refractivity contribution in [2.45, 2.75) is 6.43 Å². The lowest BCUT2D eigenvalue weighted by Crippen LogP contribution is -2.10. The number of aromatic nitrogens is 1. The van der Waals surface area contributed by atoms with Crippen molar-refractivity contribution in [2.24, 2.45) is 0 Å². The van der Waals surface area contributed by atoms with E-state index in [4.69, 9.17) is 0 Å². The number of hydrogen-bond donors (Lipinski definition) is 0. The summed E-state index contributed by atoms with van der Waals surface area (Å²) >= 11 is 0. The molecule has 0 fully saturated rings. The van der Waals surface area contributed by atoms with E-state index in [0.29, 0.717) is 6.20 Å². The molecule has 0 bridgehead atoms. The molecule has 1 heterocycles. The zero-order chi connectivity index (χ0) is 13.9. The summed E-state index contributed by atoms with van der Waals surface area (Å²) in [7, 11) is 2.03. The van der Waals surface area contributed by atoms with Crippen LogP contribution >= 0.6 is 0 Å². The Hall–Kier alpha value is -2.32. The Balaban J connectivity index is 3.58. The summed E-state index contributed by atoms with van der Waals surface area (Å²) in [5.74, 6) is -1.67. The van der Waals surface area contributed by atoms with E-state index in [-0.39, 0.29) is 0 Å². The van der Waals surface area contributed by atoms with Gasteiger partial charge in [-0.2, -0.15) is 0 Å². The van der Waals surface area contributed by atoms with Gasteiger partial charge in [-0.1, -0.05) is 0 Å². The Kier molecular flexibility index (Phi) is 4.08. The number of halogens is 2. The minimum atomic E-state index is -3.11. The Morgan fingerprint density at radius 1 is 1.50 bits per heavy atom. The summed E-state index contributed by atoms with van der Waals surface area (Å²) in [6.45, 7) is 0. The minimum absolute atomic E-state index is 0.531. The van der Waals surface area contributed by atoms with Crippen molar-refractivity contribution in [3.8, 4) is 5.75 Å². The van der Waals surface area contributed by atoms with Gasteiger partial charge >= 0.3 is 11.7 Å². The number of methoxy groups -OCH3 is 2. The molecule has 1 aromatic rings. The molecule has 7 nitrogen and oxygen atoms in total. The fourth-order valence-corrected chi connectivity index (χ4v) is 1.28. The molecule has 18 heavy (non-hydrogen) atoms. The number of alkyl halides is 2. The maximum atomic E-state index is 12.6. The van der Waals surface area contributed by atoms with Gasteiger partial charge in [-0.3, -0.25) is 10.1 Å². The average Bonchev–Trinajstić information content (AvgIpc) is 2.35. The zero-order valence-electron chi connectivity index (χ0n) is 9.35.